The van der Waals surface area contributed by atoms with Crippen molar-refractivity contribution >= 4 is 17.7 Å². The monoisotopic (exact) mass is 380 g/mol. The summed E-state index contributed by atoms with van der Waals surface area (Å²) in [7, 11) is 4.06. The zero-order valence-corrected chi connectivity index (χ0v) is 15.9. The lowest BCUT2D eigenvalue weighted by atomic mass is 10.0. The summed E-state index contributed by atoms with van der Waals surface area (Å²) in [4.78, 5) is 18.7. The van der Waals surface area contributed by atoms with Crippen molar-refractivity contribution in [1.29, 1.82) is 0 Å². The minimum absolute atomic E-state index is 0.0856. The van der Waals surface area contributed by atoms with Crippen molar-refractivity contribution in [2.24, 2.45) is 0 Å². The Balaban J connectivity index is 1.89. The van der Waals surface area contributed by atoms with E-state index in [0.717, 1.165) is 25.1 Å². The van der Waals surface area contributed by atoms with Gasteiger partial charge in [-0.25, -0.2) is 15.0 Å². The summed E-state index contributed by atoms with van der Waals surface area (Å²) >= 11 is 0. The van der Waals surface area contributed by atoms with Crippen LogP contribution in [0.5, 0.6) is 5.75 Å². The molecule has 0 saturated heterocycles. The Morgan fingerprint density at radius 3 is 2.54 bits per heavy atom. The van der Waals surface area contributed by atoms with Crippen LogP contribution in [0.15, 0.2) is 36.5 Å². The Morgan fingerprint density at radius 1 is 1.00 bits per heavy atom. The highest BCUT2D eigenvalue weighted by Crippen LogP contribution is 2.33. The zero-order chi connectivity index (χ0) is 20.1. The maximum atomic E-state index is 10.4. The number of aromatic nitrogens is 4. The number of rotatable bonds is 7. The van der Waals surface area contributed by atoms with Gasteiger partial charge in [0, 0.05) is 29.9 Å². The van der Waals surface area contributed by atoms with Crippen LogP contribution < -0.4 is 16.8 Å². The zero-order valence-electron chi connectivity index (χ0n) is 15.9. The van der Waals surface area contributed by atoms with Gasteiger partial charge in [0.2, 0.25) is 11.9 Å². The lowest BCUT2D eigenvalue weighted by Gasteiger charge is -2.12. The van der Waals surface area contributed by atoms with Crippen LogP contribution in [0.4, 0.5) is 17.7 Å². The third-order valence-electron chi connectivity index (χ3n) is 4.07. The minimum atomic E-state index is 0.0856. The third-order valence-corrected chi connectivity index (χ3v) is 4.07. The molecule has 1 aromatic carbocycles. The number of hydrogen-bond acceptors (Lipinski definition) is 9. The van der Waals surface area contributed by atoms with Gasteiger partial charge in [-0.3, -0.25) is 0 Å². The van der Waals surface area contributed by atoms with Gasteiger partial charge in [-0.05, 0) is 51.3 Å². The van der Waals surface area contributed by atoms with E-state index in [1.165, 1.54) is 0 Å². The van der Waals surface area contributed by atoms with Crippen LogP contribution in [0, 0.1) is 0 Å². The van der Waals surface area contributed by atoms with Crippen molar-refractivity contribution in [3.63, 3.8) is 0 Å². The molecule has 9 nitrogen and oxygen atoms in total. The normalized spacial score (nSPS) is 11.0. The lowest BCUT2D eigenvalue weighted by molar-refractivity contribution is 0.405. The summed E-state index contributed by atoms with van der Waals surface area (Å²) in [6.07, 6.45) is 2.55. The molecule has 3 aromatic rings. The predicted molar refractivity (Wildman–Crippen MR) is 111 cm³/mol. The summed E-state index contributed by atoms with van der Waals surface area (Å²) in [5.41, 5.74) is 14.0. The van der Waals surface area contributed by atoms with E-state index in [4.69, 9.17) is 11.5 Å². The van der Waals surface area contributed by atoms with Gasteiger partial charge in [-0.2, -0.15) is 4.98 Å². The first-order valence-corrected chi connectivity index (χ1v) is 8.88. The van der Waals surface area contributed by atoms with Crippen LogP contribution in [0.25, 0.3) is 22.5 Å². The van der Waals surface area contributed by atoms with Crippen molar-refractivity contribution in [3.05, 3.63) is 36.5 Å². The Morgan fingerprint density at radius 2 is 1.79 bits per heavy atom. The van der Waals surface area contributed by atoms with E-state index in [2.05, 4.69) is 30.2 Å². The van der Waals surface area contributed by atoms with Gasteiger partial charge in [-0.1, -0.05) is 0 Å². The number of nitrogens with zero attached hydrogens (tertiary/aromatic N) is 5. The van der Waals surface area contributed by atoms with E-state index < -0.39 is 0 Å². The first-order chi connectivity index (χ1) is 13.4. The Kier molecular flexibility index (Phi) is 5.85. The molecule has 0 spiro atoms. The lowest BCUT2D eigenvalue weighted by Crippen LogP contribution is -2.16. The molecule has 0 atom stereocenters. The van der Waals surface area contributed by atoms with E-state index in [1.54, 1.807) is 36.5 Å². The highest BCUT2D eigenvalue weighted by Gasteiger charge is 2.12. The summed E-state index contributed by atoms with van der Waals surface area (Å²) in [5, 5.41) is 13.6. The smallest absolute Gasteiger partial charge is 0.222 e. The molecule has 0 saturated carbocycles. The fraction of sp³-hybridized carbons (Fsp3) is 0.263. The van der Waals surface area contributed by atoms with Gasteiger partial charge in [0.05, 0.1) is 11.4 Å². The Bertz CT molecular complexity index is 960. The molecule has 0 fully saturated rings. The number of nitrogens with two attached hydrogens (primary N) is 2. The molecule has 0 aliphatic heterocycles. The molecule has 0 aliphatic carbocycles. The SMILES string of the molecule is CN(C)CCCNc1cc(-c2cc(-c3ccnc(N)n3)ccc2O)nc(N)n1. The average Bonchev–Trinajstić information content (AvgIpc) is 2.65. The Hall–Kier alpha value is -3.46. The van der Waals surface area contributed by atoms with E-state index in [0.29, 0.717) is 22.8 Å². The molecule has 2 aromatic heterocycles. The molecule has 28 heavy (non-hydrogen) atoms. The second-order valence-corrected chi connectivity index (χ2v) is 6.61. The van der Waals surface area contributed by atoms with Crippen molar-refractivity contribution in [1.82, 2.24) is 24.8 Å². The number of nitrogens with one attached hydrogen (secondary N) is 1. The van der Waals surface area contributed by atoms with Crippen LogP contribution in [-0.4, -0.2) is 57.1 Å². The van der Waals surface area contributed by atoms with Gasteiger partial charge < -0.3 is 26.8 Å². The number of benzene rings is 1. The second kappa shape index (κ2) is 8.49. The summed E-state index contributed by atoms with van der Waals surface area (Å²) < 4.78 is 0. The molecular formula is C19H24N8O. The van der Waals surface area contributed by atoms with Crippen molar-refractivity contribution in [2.45, 2.75) is 6.42 Å². The van der Waals surface area contributed by atoms with E-state index in [9.17, 15) is 5.11 Å². The van der Waals surface area contributed by atoms with Crippen LogP contribution in [0.3, 0.4) is 0 Å². The maximum Gasteiger partial charge on any atom is 0.222 e. The van der Waals surface area contributed by atoms with Gasteiger partial charge in [0.15, 0.2) is 0 Å². The fourth-order valence-electron chi connectivity index (χ4n) is 2.74. The summed E-state index contributed by atoms with van der Waals surface area (Å²) in [6, 6.07) is 8.64. The van der Waals surface area contributed by atoms with Crippen LogP contribution in [0.2, 0.25) is 0 Å². The number of phenolic OH excluding ortho intramolecular Hbond substituents is 1. The van der Waals surface area contributed by atoms with Gasteiger partial charge in [0.25, 0.3) is 0 Å². The highest BCUT2D eigenvalue weighted by molar-refractivity contribution is 5.76. The standard InChI is InChI=1S/C19H24N8O/c1-27(2)9-3-7-22-17-11-15(25-19(21)26-17)13-10-12(4-5-16(13)28)14-6-8-23-18(20)24-14/h4-6,8,10-11,28H,3,7,9H2,1-2H3,(H2,20,23,24)(H3,21,22,25,26). The molecule has 0 unspecified atom stereocenters. The van der Waals surface area contributed by atoms with Crippen molar-refractivity contribution < 1.29 is 5.11 Å². The number of phenols is 1. The molecule has 6 N–H and O–H groups in total. The first-order valence-electron chi connectivity index (χ1n) is 8.88. The average molecular weight is 380 g/mol. The molecule has 9 heteroatoms. The molecule has 2 heterocycles. The highest BCUT2D eigenvalue weighted by atomic mass is 16.3. The molecular weight excluding hydrogens is 356 g/mol. The first kappa shape index (κ1) is 19.3. The van der Waals surface area contributed by atoms with E-state index in [-0.39, 0.29) is 17.6 Å². The van der Waals surface area contributed by atoms with Gasteiger partial charge in [0.1, 0.15) is 11.6 Å². The predicted octanol–water partition coefficient (Wildman–Crippen LogP) is 1.83. The molecule has 0 radical (unpaired) electrons. The van der Waals surface area contributed by atoms with Gasteiger partial charge >= 0.3 is 0 Å². The number of aromatic hydroxyl groups is 1. The van der Waals surface area contributed by atoms with Crippen molar-refractivity contribution in [3.8, 4) is 28.3 Å². The van der Waals surface area contributed by atoms with E-state index in [1.807, 2.05) is 14.1 Å². The fourth-order valence-corrected chi connectivity index (χ4v) is 2.74. The second-order valence-electron chi connectivity index (χ2n) is 6.61. The minimum Gasteiger partial charge on any atom is -0.507 e. The van der Waals surface area contributed by atoms with Crippen LogP contribution in [-0.2, 0) is 0 Å². The van der Waals surface area contributed by atoms with E-state index >= 15 is 0 Å². The molecule has 0 amide bonds. The summed E-state index contributed by atoms with van der Waals surface area (Å²) in [6.45, 7) is 1.71. The molecule has 3 rings (SSSR count). The number of anilines is 3. The topological polar surface area (TPSA) is 139 Å². The third kappa shape index (κ3) is 4.83. The van der Waals surface area contributed by atoms with Gasteiger partial charge in [-0.15, -0.1) is 0 Å². The molecule has 146 valence electrons. The largest absolute Gasteiger partial charge is 0.507 e. The Labute approximate surface area is 163 Å². The summed E-state index contributed by atoms with van der Waals surface area (Å²) in [5.74, 6) is 1.01. The van der Waals surface area contributed by atoms with Crippen LogP contribution in [0.1, 0.15) is 6.42 Å². The number of nitrogen functional groups attached to an aromatic ring is 2. The maximum absolute atomic E-state index is 10.4. The van der Waals surface area contributed by atoms with Crippen molar-refractivity contribution in [2.75, 3.05) is 44.0 Å². The quantitative estimate of drug-likeness (QED) is 0.452. The van der Waals surface area contributed by atoms with Crippen LogP contribution >= 0.6 is 0 Å². The number of hydrogen-bond donors (Lipinski definition) is 4. The molecule has 0 aliphatic rings. The molecule has 0 bridgehead atoms.